The number of nitrogens with zero attached hydrogens (tertiary/aromatic N) is 1. The van der Waals surface area contributed by atoms with Crippen molar-refractivity contribution in [2.45, 2.75) is 20.0 Å². The Balaban J connectivity index is 2.21. The van der Waals surface area contributed by atoms with Crippen LogP contribution in [0.1, 0.15) is 19.4 Å². The molecule has 28 heavy (non-hydrogen) atoms. The van der Waals surface area contributed by atoms with Crippen LogP contribution in [0.25, 0.3) is 0 Å². The fourth-order valence-electron chi connectivity index (χ4n) is 2.54. The Hall–Kier alpha value is -3.36. The number of benzene rings is 2. The zero-order valence-corrected chi connectivity index (χ0v) is 15.1. The molecule has 6 nitrogen and oxygen atoms in total. The summed E-state index contributed by atoms with van der Waals surface area (Å²) in [6.45, 7) is 1.80. The molecule has 0 aliphatic carbocycles. The van der Waals surface area contributed by atoms with Gasteiger partial charge in [0.1, 0.15) is 6.54 Å². The molecule has 148 valence electrons. The minimum absolute atomic E-state index is 0.296. The van der Waals surface area contributed by atoms with Gasteiger partial charge in [0.25, 0.3) is 0 Å². The summed E-state index contributed by atoms with van der Waals surface area (Å²) < 4.78 is 39.7. The highest BCUT2D eigenvalue weighted by Crippen LogP contribution is 2.36. The third-order valence-electron chi connectivity index (χ3n) is 3.65. The van der Waals surface area contributed by atoms with Crippen LogP contribution in [0.4, 0.5) is 30.2 Å². The Morgan fingerprint density at radius 3 is 2.11 bits per heavy atom. The molecule has 0 radical (unpaired) electrons. The summed E-state index contributed by atoms with van der Waals surface area (Å²) >= 11 is 0. The van der Waals surface area contributed by atoms with Crippen molar-refractivity contribution >= 4 is 34.8 Å². The number of alkyl halides is 3. The van der Waals surface area contributed by atoms with Crippen LogP contribution in [0.3, 0.4) is 0 Å². The number of rotatable bonds is 5. The van der Waals surface area contributed by atoms with E-state index in [2.05, 4.69) is 10.6 Å². The van der Waals surface area contributed by atoms with E-state index in [-0.39, 0.29) is 5.91 Å². The zero-order chi connectivity index (χ0) is 20.9. The van der Waals surface area contributed by atoms with Crippen LogP contribution in [-0.4, -0.2) is 24.3 Å². The number of carbonyl (C=O) groups excluding carboxylic acids is 3. The van der Waals surface area contributed by atoms with Crippen molar-refractivity contribution in [2.75, 3.05) is 22.1 Å². The second kappa shape index (κ2) is 8.55. The van der Waals surface area contributed by atoms with Crippen molar-refractivity contribution in [2.24, 2.45) is 0 Å². The highest BCUT2D eigenvalue weighted by atomic mass is 19.4. The second-order valence-corrected chi connectivity index (χ2v) is 5.93. The predicted molar refractivity (Wildman–Crippen MR) is 98.8 cm³/mol. The zero-order valence-electron chi connectivity index (χ0n) is 15.1. The average Bonchev–Trinajstić information content (AvgIpc) is 2.58. The van der Waals surface area contributed by atoms with E-state index in [1.54, 1.807) is 18.2 Å². The molecule has 0 saturated heterocycles. The highest BCUT2D eigenvalue weighted by molar-refractivity contribution is 6.02. The maximum Gasteiger partial charge on any atom is 0.418 e. The summed E-state index contributed by atoms with van der Waals surface area (Å²) in [5.74, 6) is -1.69. The average molecular weight is 393 g/mol. The van der Waals surface area contributed by atoms with Gasteiger partial charge < -0.3 is 15.5 Å². The Kier molecular flexibility index (Phi) is 6.40. The fraction of sp³-hybridized carbons (Fsp3) is 0.211. The molecule has 0 atom stereocenters. The summed E-state index contributed by atoms with van der Waals surface area (Å²) in [7, 11) is 0. The molecule has 0 fully saturated rings. The molecule has 2 aromatic carbocycles. The van der Waals surface area contributed by atoms with Crippen LogP contribution in [0.15, 0.2) is 48.5 Å². The van der Waals surface area contributed by atoms with Gasteiger partial charge in [0.2, 0.25) is 17.7 Å². The monoisotopic (exact) mass is 393 g/mol. The second-order valence-electron chi connectivity index (χ2n) is 5.93. The molecular weight excluding hydrogens is 375 g/mol. The van der Waals surface area contributed by atoms with E-state index in [4.69, 9.17) is 0 Å². The van der Waals surface area contributed by atoms with Crippen LogP contribution in [0.2, 0.25) is 0 Å². The molecule has 9 heteroatoms. The lowest BCUT2D eigenvalue weighted by atomic mass is 10.1. The highest BCUT2D eigenvalue weighted by Gasteiger charge is 2.35. The smallest absolute Gasteiger partial charge is 0.326 e. The standard InChI is InChI=1S/C19H18F3N3O3/c1-12(26)23-14-6-5-7-15(10-14)24-18(28)11-25(13(2)27)17-9-4-3-8-16(17)19(20,21)22/h3-10H,11H2,1-2H3,(H,23,26)(H,24,28). The number of carbonyl (C=O) groups is 3. The lowest BCUT2D eigenvalue weighted by Crippen LogP contribution is -2.37. The van der Waals surface area contributed by atoms with E-state index in [1.165, 1.54) is 25.1 Å². The number of anilines is 3. The number of hydrogen-bond donors (Lipinski definition) is 2. The fourth-order valence-corrected chi connectivity index (χ4v) is 2.54. The van der Waals surface area contributed by atoms with Crippen LogP contribution in [-0.2, 0) is 20.6 Å². The number of hydrogen-bond acceptors (Lipinski definition) is 3. The van der Waals surface area contributed by atoms with Gasteiger partial charge >= 0.3 is 6.18 Å². The molecule has 0 unspecified atom stereocenters. The lowest BCUT2D eigenvalue weighted by Gasteiger charge is -2.24. The van der Waals surface area contributed by atoms with Crippen LogP contribution < -0.4 is 15.5 Å². The summed E-state index contributed by atoms with van der Waals surface area (Å²) in [5.41, 5.74) is -0.643. The van der Waals surface area contributed by atoms with Crippen molar-refractivity contribution in [3.05, 3.63) is 54.1 Å². The van der Waals surface area contributed by atoms with Crippen LogP contribution >= 0.6 is 0 Å². The maximum atomic E-state index is 13.2. The summed E-state index contributed by atoms with van der Waals surface area (Å²) in [6, 6.07) is 10.8. The van der Waals surface area contributed by atoms with Crippen LogP contribution in [0, 0.1) is 0 Å². The van der Waals surface area contributed by atoms with Crippen LogP contribution in [0.5, 0.6) is 0 Å². The minimum Gasteiger partial charge on any atom is -0.326 e. The van der Waals surface area contributed by atoms with Gasteiger partial charge in [-0.2, -0.15) is 13.2 Å². The molecule has 0 aromatic heterocycles. The van der Waals surface area contributed by atoms with Gasteiger partial charge in [-0.1, -0.05) is 18.2 Å². The summed E-state index contributed by atoms with van der Waals surface area (Å²) in [6.07, 6.45) is -4.67. The van der Waals surface area contributed by atoms with E-state index in [1.807, 2.05) is 0 Å². The molecule has 0 bridgehead atoms. The van der Waals surface area contributed by atoms with Crippen molar-refractivity contribution < 1.29 is 27.6 Å². The first-order valence-electron chi connectivity index (χ1n) is 8.20. The van der Waals surface area contributed by atoms with E-state index >= 15 is 0 Å². The molecule has 0 aliphatic heterocycles. The van der Waals surface area contributed by atoms with Crippen molar-refractivity contribution in [3.8, 4) is 0 Å². The first-order valence-corrected chi connectivity index (χ1v) is 8.20. The number of para-hydroxylation sites is 1. The molecular formula is C19H18F3N3O3. The third-order valence-corrected chi connectivity index (χ3v) is 3.65. The van der Waals surface area contributed by atoms with Crippen molar-refractivity contribution in [1.29, 1.82) is 0 Å². The molecule has 0 spiro atoms. The number of halogens is 3. The molecule has 0 saturated carbocycles. The topological polar surface area (TPSA) is 78.5 Å². The minimum atomic E-state index is -4.67. The molecule has 2 N–H and O–H groups in total. The Morgan fingerprint density at radius 2 is 1.54 bits per heavy atom. The van der Waals surface area contributed by atoms with Crippen molar-refractivity contribution in [3.63, 3.8) is 0 Å². The van der Waals surface area contributed by atoms with E-state index < -0.39 is 35.8 Å². The SMILES string of the molecule is CC(=O)Nc1cccc(NC(=O)CN(C(C)=O)c2ccccc2C(F)(F)F)c1. The van der Waals surface area contributed by atoms with E-state index in [9.17, 15) is 27.6 Å². The quantitative estimate of drug-likeness (QED) is 0.814. The largest absolute Gasteiger partial charge is 0.418 e. The van der Waals surface area contributed by atoms with Gasteiger partial charge in [0, 0.05) is 25.2 Å². The van der Waals surface area contributed by atoms with Gasteiger partial charge in [-0.25, -0.2) is 0 Å². The van der Waals surface area contributed by atoms with Crippen molar-refractivity contribution in [1.82, 2.24) is 0 Å². The molecule has 0 heterocycles. The Labute approximate surface area is 159 Å². The Morgan fingerprint density at radius 1 is 0.929 bits per heavy atom. The normalized spacial score (nSPS) is 10.9. The first kappa shape index (κ1) is 20.9. The number of nitrogens with one attached hydrogen (secondary N) is 2. The molecule has 2 aromatic rings. The van der Waals surface area contributed by atoms with Gasteiger partial charge in [0.15, 0.2) is 0 Å². The summed E-state index contributed by atoms with van der Waals surface area (Å²) in [5, 5.41) is 5.05. The van der Waals surface area contributed by atoms with E-state index in [0.717, 1.165) is 24.0 Å². The summed E-state index contributed by atoms with van der Waals surface area (Å²) in [4.78, 5) is 36.1. The predicted octanol–water partition coefficient (Wildman–Crippen LogP) is 3.66. The first-order chi connectivity index (χ1) is 13.1. The molecule has 0 aliphatic rings. The van der Waals surface area contributed by atoms with Gasteiger partial charge in [0.05, 0.1) is 11.3 Å². The van der Waals surface area contributed by atoms with E-state index in [0.29, 0.717) is 11.4 Å². The Bertz CT molecular complexity index is 897. The molecule has 3 amide bonds. The lowest BCUT2D eigenvalue weighted by molar-refractivity contribution is -0.137. The third kappa shape index (κ3) is 5.57. The number of amides is 3. The molecule has 2 rings (SSSR count). The maximum absolute atomic E-state index is 13.2. The van der Waals surface area contributed by atoms with Gasteiger partial charge in [-0.3, -0.25) is 14.4 Å². The van der Waals surface area contributed by atoms with Gasteiger partial charge in [-0.15, -0.1) is 0 Å². The van der Waals surface area contributed by atoms with Gasteiger partial charge in [-0.05, 0) is 30.3 Å².